The first-order valence-corrected chi connectivity index (χ1v) is 11.7. The highest BCUT2D eigenvalue weighted by atomic mass is 35.5. The van der Waals surface area contributed by atoms with Crippen LogP contribution in [0.25, 0.3) is 10.8 Å². The molecule has 1 aliphatic carbocycles. The molecule has 0 radical (unpaired) electrons. The van der Waals surface area contributed by atoms with Crippen molar-refractivity contribution in [1.29, 1.82) is 0 Å². The van der Waals surface area contributed by atoms with Crippen LogP contribution in [-0.4, -0.2) is 0 Å². The molecule has 0 unspecified atom stereocenters. The molecule has 0 heterocycles. The minimum absolute atomic E-state index is 0.113. The third-order valence-corrected chi connectivity index (χ3v) is 7.13. The van der Waals surface area contributed by atoms with Crippen molar-refractivity contribution in [3.63, 3.8) is 0 Å². The van der Waals surface area contributed by atoms with Gasteiger partial charge in [-0.1, -0.05) is 54.1 Å². The maximum atomic E-state index is 15.2. The van der Waals surface area contributed by atoms with Crippen LogP contribution in [0.3, 0.4) is 0 Å². The summed E-state index contributed by atoms with van der Waals surface area (Å²) in [5.74, 6) is 0.808. The first-order chi connectivity index (χ1) is 15.0. The molecule has 0 amide bonds. The highest BCUT2D eigenvalue weighted by Crippen LogP contribution is 2.38. The summed E-state index contributed by atoms with van der Waals surface area (Å²) in [5, 5.41) is 1.75. The molecule has 3 aromatic carbocycles. The summed E-state index contributed by atoms with van der Waals surface area (Å²) in [7, 11) is 0. The average molecular weight is 439 g/mol. The maximum absolute atomic E-state index is 15.2. The van der Waals surface area contributed by atoms with Gasteiger partial charge in [-0.2, -0.15) is 0 Å². The second kappa shape index (κ2) is 9.96. The molecule has 0 aliphatic heterocycles. The van der Waals surface area contributed by atoms with E-state index in [0.29, 0.717) is 29.7 Å². The SMILES string of the molecule is C=CCCC1CCC(c2ccc3c(F)c(CCc4ccc(Cl)c(F)c4)ccc3c2)CC1. The van der Waals surface area contributed by atoms with E-state index in [1.807, 2.05) is 24.3 Å². The number of benzene rings is 3. The highest BCUT2D eigenvalue weighted by molar-refractivity contribution is 6.30. The largest absolute Gasteiger partial charge is 0.206 e. The van der Waals surface area contributed by atoms with Crippen LogP contribution in [-0.2, 0) is 12.8 Å². The second-order valence-corrected chi connectivity index (χ2v) is 9.26. The molecule has 0 N–H and O–H groups in total. The molecule has 1 aliphatic rings. The van der Waals surface area contributed by atoms with E-state index in [4.69, 9.17) is 11.6 Å². The Balaban J connectivity index is 1.45. The van der Waals surface area contributed by atoms with Crippen molar-refractivity contribution in [2.24, 2.45) is 5.92 Å². The Bertz CT molecular complexity index is 1060. The lowest BCUT2D eigenvalue weighted by Gasteiger charge is -2.28. The minimum atomic E-state index is -0.430. The third kappa shape index (κ3) is 5.18. The molecule has 3 aromatic rings. The molecule has 0 nitrogen and oxygen atoms in total. The highest BCUT2D eigenvalue weighted by Gasteiger charge is 2.22. The summed E-state index contributed by atoms with van der Waals surface area (Å²) < 4.78 is 28.8. The third-order valence-electron chi connectivity index (χ3n) is 6.82. The van der Waals surface area contributed by atoms with Crippen molar-refractivity contribution in [3.05, 3.63) is 94.5 Å². The number of hydrogen-bond donors (Lipinski definition) is 0. The Labute approximate surface area is 188 Å². The zero-order chi connectivity index (χ0) is 21.8. The van der Waals surface area contributed by atoms with Gasteiger partial charge in [-0.15, -0.1) is 6.58 Å². The lowest BCUT2D eigenvalue weighted by atomic mass is 9.77. The molecule has 0 aromatic heterocycles. The van der Waals surface area contributed by atoms with E-state index in [-0.39, 0.29) is 10.8 Å². The fourth-order valence-corrected chi connectivity index (χ4v) is 5.03. The Morgan fingerprint density at radius 3 is 2.48 bits per heavy atom. The number of fused-ring (bicyclic) bond motifs is 1. The average Bonchev–Trinajstić information content (AvgIpc) is 2.79. The smallest absolute Gasteiger partial charge is 0.142 e. The predicted molar refractivity (Wildman–Crippen MR) is 127 cm³/mol. The molecule has 31 heavy (non-hydrogen) atoms. The van der Waals surface area contributed by atoms with Crippen LogP contribution in [0.5, 0.6) is 0 Å². The Morgan fingerprint density at radius 1 is 0.935 bits per heavy atom. The number of halogens is 3. The normalized spacial score (nSPS) is 18.9. The first kappa shape index (κ1) is 22.0. The van der Waals surface area contributed by atoms with E-state index in [2.05, 4.69) is 18.7 Å². The fourth-order valence-electron chi connectivity index (χ4n) is 4.91. The molecule has 0 saturated heterocycles. The molecule has 1 saturated carbocycles. The monoisotopic (exact) mass is 438 g/mol. The van der Waals surface area contributed by atoms with Gasteiger partial charge in [-0.05, 0) is 97.4 Å². The Morgan fingerprint density at radius 2 is 1.74 bits per heavy atom. The van der Waals surface area contributed by atoms with E-state index < -0.39 is 5.82 Å². The van der Waals surface area contributed by atoms with E-state index in [9.17, 15) is 4.39 Å². The summed E-state index contributed by atoms with van der Waals surface area (Å²) in [4.78, 5) is 0. The van der Waals surface area contributed by atoms with Crippen LogP contribution in [0.15, 0.2) is 61.2 Å². The van der Waals surface area contributed by atoms with Crippen LogP contribution >= 0.6 is 11.6 Å². The van der Waals surface area contributed by atoms with Crippen LogP contribution in [0, 0.1) is 17.6 Å². The van der Waals surface area contributed by atoms with Gasteiger partial charge in [0.2, 0.25) is 0 Å². The van der Waals surface area contributed by atoms with E-state index in [1.54, 1.807) is 12.1 Å². The van der Waals surface area contributed by atoms with Crippen molar-refractivity contribution in [2.75, 3.05) is 0 Å². The van der Waals surface area contributed by atoms with Gasteiger partial charge in [0.25, 0.3) is 0 Å². The summed E-state index contributed by atoms with van der Waals surface area (Å²) in [5.41, 5.74) is 2.82. The quantitative estimate of drug-likeness (QED) is 0.323. The van der Waals surface area contributed by atoms with Crippen molar-refractivity contribution < 1.29 is 8.78 Å². The lowest BCUT2D eigenvalue weighted by molar-refractivity contribution is 0.312. The molecule has 3 heteroatoms. The molecule has 1 fully saturated rings. The first-order valence-electron chi connectivity index (χ1n) is 11.3. The summed E-state index contributed by atoms with van der Waals surface area (Å²) >= 11 is 5.75. The van der Waals surface area contributed by atoms with Gasteiger partial charge in [-0.3, -0.25) is 0 Å². The number of rotatable bonds is 7. The van der Waals surface area contributed by atoms with Gasteiger partial charge in [0.05, 0.1) is 5.02 Å². The van der Waals surface area contributed by atoms with E-state index in [0.717, 1.165) is 23.3 Å². The predicted octanol–water partition coefficient (Wildman–Crippen LogP) is 8.80. The van der Waals surface area contributed by atoms with Gasteiger partial charge >= 0.3 is 0 Å². The fraction of sp³-hybridized carbons (Fsp3) is 0.357. The zero-order valence-corrected chi connectivity index (χ0v) is 18.6. The molecular formula is C28H29ClF2. The molecule has 0 spiro atoms. The number of aryl methyl sites for hydroxylation is 2. The van der Waals surface area contributed by atoms with E-state index in [1.165, 1.54) is 43.7 Å². The van der Waals surface area contributed by atoms with Crippen molar-refractivity contribution >= 4 is 22.4 Å². The topological polar surface area (TPSA) is 0 Å². The summed E-state index contributed by atoms with van der Waals surface area (Å²) in [6, 6.07) is 14.9. The van der Waals surface area contributed by atoms with Gasteiger partial charge in [0.15, 0.2) is 0 Å². The molecule has 162 valence electrons. The minimum Gasteiger partial charge on any atom is -0.206 e. The second-order valence-electron chi connectivity index (χ2n) is 8.85. The summed E-state index contributed by atoms with van der Waals surface area (Å²) in [6.07, 6.45) is 10.5. The van der Waals surface area contributed by atoms with Gasteiger partial charge in [0, 0.05) is 5.39 Å². The Hall–Kier alpha value is -2.19. The van der Waals surface area contributed by atoms with Crippen LogP contribution in [0.1, 0.15) is 61.1 Å². The molecule has 4 rings (SSSR count). The Kier molecular flexibility index (Phi) is 7.07. The molecular weight excluding hydrogens is 410 g/mol. The zero-order valence-electron chi connectivity index (χ0n) is 17.8. The molecule has 0 atom stereocenters. The number of hydrogen-bond acceptors (Lipinski definition) is 0. The van der Waals surface area contributed by atoms with Crippen molar-refractivity contribution in [2.45, 2.75) is 57.3 Å². The van der Waals surface area contributed by atoms with Crippen molar-refractivity contribution in [3.8, 4) is 0 Å². The van der Waals surface area contributed by atoms with Gasteiger partial charge in [0.1, 0.15) is 11.6 Å². The van der Waals surface area contributed by atoms with Crippen LogP contribution in [0.4, 0.5) is 8.78 Å². The molecule has 0 bridgehead atoms. The van der Waals surface area contributed by atoms with Crippen LogP contribution < -0.4 is 0 Å². The standard InChI is InChI=1S/C28H29ClF2/c1-2-3-4-19-5-9-21(10-6-19)23-14-15-25-24(18-23)13-12-22(28(25)31)11-7-20-8-16-26(29)27(30)17-20/h2,8,12-19,21H,1,3-7,9-11H2. The number of allylic oxidation sites excluding steroid dienone is 1. The van der Waals surface area contributed by atoms with E-state index >= 15 is 4.39 Å². The lowest BCUT2D eigenvalue weighted by Crippen LogP contribution is -2.13. The summed E-state index contributed by atoms with van der Waals surface area (Å²) in [6.45, 7) is 3.83. The van der Waals surface area contributed by atoms with Crippen molar-refractivity contribution in [1.82, 2.24) is 0 Å². The van der Waals surface area contributed by atoms with Crippen LogP contribution in [0.2, 0.25) is 5.02 Å². The maximum Gasteiger partial charge on any atom is 0.142 e. The van der Waals surface area contributed by atoms with Gasteiger partial charge < -0.3 is 0 Å². The van der Waals surface area contributed by atoms with Gasteiger partial charge in [-0.25, -0.2) is 8.78 Å².